The molecular formula is C13H25NO2. The zero-order valence-corrected chi connectivity index (χ0v) is 10.6. The lowest BCUT2D eigenvalue weighted by atomic mass is 10.0. The standard InChI is InChI=1S/C13H25NO2/c1-3-11(4-2)13(16)14-9-7-5-6-8-12(14)10-15/h11-12,15H,3-10H2,1-2H3. The van der Waals surface area contributed by atoms with Crippen molar-refractivity contribution in [3.63, 3.8) is 0 Å². The van der Waals surface area contributed by atoms with Crippen molar-refractivity contribution in [1.29, 1.82) is 0 Å². The Balaban J connectivity index is 2.68. The van der Waals surface area contributed by atoms with E-state index in [4.69, 9.17) is 0 Å². The second-order valence-electron chi connectivity index (χ2n) is 4.73. The van der Waals surface area contributed by atoms with E-state index in [9.17, 15) is 9.90 Å². The molecule has 1 fully saturated rings. The molecule has 1 rings (SSSR count). The molecule has 1 saturated heterocycles. The van der Waals surface area contributed by atoms with Crippen molar-refractivity contribution in [2.24, 2.45) is 5.92 Å². The molecule has 0 radical (unpaired) electrons. The zero-order chi connectivity index (χ0) is 12.0. The van der Waals surface area contributed by atoms with Gasteiger partial charge in [0.05, 0.1) is 12.6 Å². The number of amides is 1. The van der Waals surface area contributed by atoms with E-state index < -0.39 is 0 Å². The number of hydrogen-bond donors (Lipinski definition) is 1. The molecule has 1 aliphatic heterocycles. The summed E-state index contributed by atoms with van der Waals surface area (Å²) in [7, 11) is 0. The summed E-state index contributed by atoms with van der Waals surface area (Å²) in [6.07, 6.45) is 6.18. The van der Waals surface area contributed by atoms with Gasteiger partial charge in [-0.25, -0.2) is 0 Å². The molecule has 1 unspecified atom stereocenters. The van der Waals surface area contributed by atoms with Gasteiger partial charge in [-0.2, -0.15) is 0 Å². The summed E-state index contributed by atoms with van der Waals surface area (Å²) >= 11 is 0. The lowest BCUT2D eigenvalue weighted by Gasteiger charge is -2.31. The summed E-state index contributed by atoms with van der Waals surface area (Å²) in [4.78, 5) is 14.2. The van der Waals surface area contributed by atoms with E-state index in [-0.39, 0.29) is 24.5 Å². The van der Waals surface area contributed by atoms with Crippen LogP contribution in [-0.4, -0.2) is 35.1 Å². The van der Waals surface area contributed by atoms with Crippen LogP contribution in [0.1, 0.15) is 52.4 Å². The lowest BCUT2D eigenvalue weighted by Crippen LogP contribution is -2.44. The summed E-state index contributed by atoms with van der Waals surface area (Å²) in [6.45, 7) is 5.09. The maximum Gasteiger partial charge on any atom is 0.225 e. The number of hydrogen-bond acceptors (Lipinski definition) is 2. The number of carbonyl (C=O) groups is 1. The van der Waals surface area contributed by atoms with Crippen LogP contribution in [0.5, 0.6) is 0 Å². The van der Waals surface area contributed by atoms with E-state index in [1.165, 1.54) is 6.42 Å². The van der Waals surface area contributed by atoms with Gasteiger partial charge in [0.1, 0.15) is 0 Å². The Morgan fingerprint density at radius 2 is 2.00 bits per heavy atom. The molecule has 1 N–H and O–H groups in total. The first-order valence-electron chi connectivity index (χ1n) is 6.65. The second-order valence-corrected chi connectivity index (χ2v) is 4.73. The molecule has 3 heteroatoms. The second kappa shape index (κ2) is 6.89. The molecule has 0 aromatic rings. The first-order valence-corrected chi connectivity index (χ1v) is 6.65. The smallest absolute Gasteiger partial charge is 0.225 e. The van der Waals surface area contributed by atoms with Gasteiger partial charge < -0.3 is 10.0 Å². The predicted octanol–water partition coefficient (Wildman–Crippen LogP) is 2.19. The molecule has 0 aliphatic carbocycles. The molecule has 1 amide bonds. The molecule has 0 aromatic carbocycles. The van der Waals surface area contributed by atoms with Gasteiger partial charge in [-0.15, -0.1) is 0 Å². The maximum absolute atomic E-state index is 12.3. The first kappa shape index (κ1) is 13.5. The minimum Gasteiger partial charge on any atom is -0.394 e. The van der Waals surface area contributed by atoms with E-state index in [0.717, 1.165) is 38.6 Å². The highest BCUT2D eigenvalue weighted by atomic mass is 16.3. The molecule has 16 heavy (non-hydrogen) atoms. The Hall–Kier alpha value is -0.570. The molecule has 0 saturated carbocycles. The van der Waals surface area contributed by atoms with Gasteiger partial charge >= 0.3 is 0 Å². The van der Waals surface area contributed by atoms with Crippen LogP contribution in [0.3, 0.4) is 0 Å². The largest absolute Gasteiger partial charge is 0.394 e. The van der Waals surface area contributed by atoms with Crippen molar-refractivity contribution >= 4 is 5.91 Å². The summed E-state index contributed by atoms with van der Waals surface area (Å²) < 4.78 is 0. The topological polar surface area (TPSA) is 40.5 Å². The first-order chi connectivity index (χ1) is 7.74. The molecule has 0 bridgehead atoms. The average Bonchev–Trinajstić information content (AvgIpc) is 2.55. The SMILES string of the molecule is CCC(CC)C(=O)N1CCCCCC1CO. The third-order valence-electron chi connectivity index (χ3n) is 3.71. The third kappa shape index (κ3) is 3.21. The van der Waals surface area contributed by atoms with Crippen molar-refractivity contribution in [2.75, 3.05) is 13.2 Å². The highest BCUT2D eigenvalue weighted by molar-refractivity contribution is 5.79. The fourth-order valence-electron chi connectivity index (χ4n) is 2.53. The van der Waals surface area contributed by atoms with Gasteiger partial charge in [-0.05, 0) is 25.7 Å². The van der Waals surface area contributed by atoms with Crippen LogP contribution in [0.25, 0.3) is 0 Å². The molecule has 3 nitrogen and oxygen atoms in total. The van der Waals surface area contributed by atoms with Crippen molar-refractivity contribution < 1.29 is 9.90 Å². The van der Waals surface area contributed by atoms with E-state index in [1.54, 1.807) is 0 Å². The van der Waals surface area contributed by atoms with Crippen molar-refractivity contribution in [1.82, 2.24) is 4.90 Å². The summed E-state index contributed by atoms with van der Waals surface area (Å²) in [5.41, 5.74) is 0. The molecule has 0 spiro atoms. The highest BCUT2D eigenvalue weighted by Crippen LogP contribution is 2.21. The normalized spacial score (nSPS) is 22.2. The van der Waals surface area contributed by atoms with Crippen LogP contribution in [0.4, 0.5) is 0 Å². The van der Waals surface area contributed by atoms with Gasteiger partial charge in [-0.3, -0.25) is 4.79 Å². The number of likely N-dealkylation sites (tertiary alicyclic amines) is 1. The zero-order valence-electron chi connectivity index (χ0n) is 10.6. The molecule has 94 valence electrons. The Morgan fingerprint density at radius 3 is 2.56 bits per heavy atom. The van der Waals surface area contributed by atoms with Crippen LogP contribution >= 0.6 is 0 Å². The summed E-state index contributed by atoms with van der Waals surface area (Å²) in [5.74, 6) is 0.401. The third-order valence-corrected chi connectivity index (χ3v) is 3.71. The van der Waals surface area contributed by atoms with Crippen LogP contribution < -0.4 is 0 Å². The quantitative estimate of drug-likeness (QED) is 0.799. The molecule has 0 aromatic heterocycles. The Labute approximate surface area is 98.8 Å². The van der Waals surface area contributed by atoms with E-state index in [0.29, 0.717) is 0 Å². The van der Waals surface area contributed by atoms with E-state index >= 15 is 0 Å². The minimum atomic E-state index is 0.0654. The van der Waals surface area contributed by atoms with Crippen LogP contribution in [0, 0.1) is 5.92 Å². The number of aliphatic hydroxyl groups excluding tert-OH is 1. The van der Waals surface area contributed by atoms with Gasteiger partial charge in [0.2, 0.25) is 5.91 Å². The Kier molecular flexibility index (Phi) is 5.81. The van der Waals surface area contributed by atoms with Crippen LogP contribution in [0.15, 0.2) is 0 Å². The van der Waals surface area contributed by atoms with E-state index in [1.807, 2.05) is 4.90 Å². The summed E-state index contributed by atoms with van der Waals surface area (Å²) in [5, 5.41) is 9.37. The van der Waals surface area contributed by atoms with E-state index in [2.05, 4.69) is 13.8 Å². The van der Waals surface area contributed by atoms with Crippen LogP contribution in [0.2, 0.25) is 0 Å². The molecule has 1 heterocycles. The van der Waals surface area contributed by atoms with Crippen molar-refractivity contribution in [2.45, 2.75) is 58.4 Å². The fourth-order valence-corrected chi connectivity index (χ4v) is 2.53. The van der Waals surface area contributed by atoms with Crippen molar-refractivity contribution in [3.8, 4) is 0 Å². The summed E-state index contributed by atoms with van der Waals surface area (Å²) in [6, 6.07) is 0.0654. The number of carbonyl (C=O) groups excluding carboxylic acids is 1. The maximum atomic E-state index is 12.3. The van der Waals surface area contributed by atoms with Gasteiger partial charge in [0.15, 0.2) is 0 Å². The minimum absolute atomic E-state index is 0.0654. The number of nitrogens with zero attached hydrogens (tertiary/aromatic N) is 1. The van der Waals surface area contributed by atoms with Crippen LogP contribution in [-0.2, 0) is 4.79 Å². The van der Waals surface area contributed by atoms with Gasteiger partial charge in [0, 0.05) is 12.5 Å². The number of aliphatic hydroxyl groups is 1. The average molecular weight is 227 g/mol. The molecule has 1 aliphatic rings. The molecule has 1 atom stereocenters. The highest BCUT2D eigenvalue weighted by Gasteiger charge is 2.28. The van der Waals surface area contributed by atoms with Gasteiger partial charge in [-0.1, -0.05) is 26.7 Å². The predicted molar refractivity (Wildman–Crippen MR) is 65.1 cm³/mol. The van der Waals surface area contributed by atoms with Crippen molar-refractivity contribution in [3.05, 3.63) is 0 Å². The number of rotatable bonds is 4. The lowest BCUT2D eigenvalue weighted by molar-refractivity contribution is -0.139. The molecular weight excluding hydrogens is 202 g/mol. The van der Waals surface area contributed by atoms with Gasteiger partial charge in [0.25, 0.3) is 0 Å². The Morgan fingerprint density at radius 1 is 1.31 bits per heavy atom. The fraction of sp³-hybridized carbons (Fsp3) is 0.923. The monoisotopic (exact) mass is 227 g/mol. The Bertz CT molecular complexity index is 214.